The van der Waals surface area contributed by atoms with Crippen LogP contribution in [0.25, 0.3) is 0 Å². The molecule has 3 nitrogen and oxygen atoms in total. The predicted octanol–water partition coefficient (Wildman–Crippen LogP) is 4.08. The summed E-state index contributed by atoms with van der Waals surface area (Å²) < 4.78 is 5.86. The molecule has 0 aliphatic heterocycles. The highest BCUT2D eigenvalue weighted by Crippen LogP contribution is 2.21. The van der Waals surface area contributed by atoms with Crippen LogP contribution in [0.5, 0.6) is 5.75 Å². The molecule has 2 aromatic carbocycles. The van der Waals surface area contributed by atoms with Gasteiger partial charge in [-0.1, -0.05) is 23.7 Å². The lowest BCUT2D eigenvalue weighted by Crippen LogP contribution is -2.26. The first-order chi connectivity index (χ1) is 10.1. The number of carbonyl (C=O) groups is 1. The Bertz CT molecular complexity index is 646. The van der Waals surface area contributed by atoms with Gasteiger partial charge in [0, 0.05) is 16.0 Å². The lowest BCUT2D eigenvalue weighted by Gasteiger charge is -2.08. The Morgan fingerprint density at radius 3 is 2.81 bits per heavy atom. The van der Waals surface area contributed by atoms with E-state index in [0.29, 0.717) is 21.6 Å². The number of hydrogen-bond acceptors (Lipinski definition) is 2. The molecule has 0 aliphatic carbocycles. The molecule has 5 heteroatoms. The van der Waals surface area contributed by atoms with Crippen molar-refractivity contribution in [3.05, 3.63) is 63.1 Å². The predicted molar refractivity (Wildman–Crippen MR) is 88.2 cm³/mol. The fourth-order valence-electron chi connectivity index (χ4n) is 1.92. The van der Waals surface area contributed by atoms with Gasteiger partial charge >= 0.3 is 0 Å². The molecule has 0 radical (unpaired) electrons. The van der Waals surface area contributed by atoms with Crippen molar-refractivity contribution in [1.82, 2.24) is 5.32 Å². The van der Waals surface area contributed by atoms with Crippen molar-refractivity contribution in [2.75, 3.05) is 13.7 Å². The average Bonchev–Trinajstić information content (AvgIpc) is 2.47. The molecule has 2 rings (SSSR count). The second-order valence-corrected chi connectivity index (χ2v) is 5.77. The molecule has 0 bridgehead atoms. The third-order valence-electron chi connectivity index (χ3n) is 3.01. The Morgan fingerprint density at radius 1 is 1.29 bits per heavy atom. The number of nitrogens with one attached hydrogen (secondary N) is 1. The highest BCUT2D eigenvalue weighted by atomic mass is 79.9. The van der Waals surface area contributed by atoms with Crippen molar-refractivity contribution >= 4 is 33.4 Å². The summed E-state index contributed by atoms with van der Waals surface area (Å²) in [4.78, 5) is 12.1. The zero-order valence-corrected chi connectivity index (χ0v) is 13.9. The highest BCUT2D eigenvalue weighted by molar-refractivity contribution is 9.10. The van der Waals surface area contributed by atoms with Gasteiger partial charge in [-0.25, -0.2) is 0 Å². The smallest absolute Gasteiger partial charge is 0.252 e. The summed E-state index contributed by atoms with van der Waals surface area (Å²) in [6, 6.07) is 12.9. The third-order valence-corrected chi connectivity index (χ3v) is 3.90. The molecular formula is C16H15BrClNO2. The molecule has 0 spiro atoms. The molecule has 2 aromatic rings. The molecule has 0 aliphatic rings. The van der Waals surface area contributed by atoms with Gasteiger partial charge < -0.3 is 10.1 Å². The van der Waals surface area contributed by atoms with Crippen LogP contribution < -0.4 is 10.1 Å². The van der Waals surface area contributed by atoms with Crippen LogP contribution in [0.2, 0.25) is 5.02 Å². The molecule has 0 saturated carbocycles. The molecular weight excluding hydrogens is 354 g/mol. The van der Waals surface area contributed by atoms with Gasteiger partial charge in [0.25, 0.3) is 5.91 Å². The van der Waals surface area contributed by atoms with Gasteiger partial charge in [0.1, 0.15) is 5.75 Å². The van der Waals surface area contributed by atoms with E-state index >= 15 is 0 Å². The average molecular weight is 369 g/mol. The Hall–Kier alpha value is -1.52. The van der Waals surface area contributed by atoms with Crippen molar-refractivity contribution in [2.24, 2.45) is 0 Å². The minimum atomic E-state index is -0.124. The van der Waals surface area contributed by atoms with Gasteiger partial charge in [-0.3, -0.25) is 4.79 Å². The van der Waals surface area contributed by atoms with E-state index < -0.39 is 0 Å². The zero-order chi connectivity index (χ0) is 15.2. The maximum atomic E-state index is 12.1. The molecule has 21 heavy (non-hydrogen) atoms. The van der Waals surface area contributed by atoms with Crippen LogP contribution in [0.15, 0.2) is 46.9 Å². The van der Waals surface area contributed by atoms with E-state index in [2.05, 4.69) is 21.2 Å². The maximum absolute atomic E-state index is 12.1. The van der Waals surface area contributed by atoms with Crippen LogP contribution in [0.3, 0.4) is 0 Å². The number of methoxy groups -OCH3 is 1. The van der Waals surface area contributed by atoms with Gasteiger partial charge in [-0.15, -0.1) is 0 Å². The third kappa shape index (κ3) is 4.48. The standard InChI is InChI=1S/C16H15BrClNO2/c1-21-13-4-2-3-11(9-13)7-8-19-16(20)14-6-5-12(18)10-15(14)17/h2-6,9-10H,7-8H2,1H3,(H,19,20). The second kappa shape index (κ2) is 7.48. The van der Waals surface area contributed by atoms with E-state index in [1.54, 1.807) is 25.3 Å². The second-order valence-electron chi connectivity index (χ2n) is 4.48. The van der Waals surface area contributed by atoms with Crippen molar-refractivity contribution < 1.29 is 9.53 Å². The minimum absolute atomic E-state index is 0.124. The first kappa shape index (κ1) is 15.9. The van der Waals surface area contributed by atoms with E-state index in [1.807, 2.05) is 24.3 Å². The Morgan fingerprint density at radius 2 is 2.10 bits per heavy atom. The van der Waals surface area contributed by atoms with Crippen LogP contribution in [0.1, 0.15) is 15.9 Å². The first-order valence-corrected chi connectivity index (χ1v) is 7.63. The van der Waals surface area contributed by atoms with Gasteiger partial charge in [0.2, 0.25) is 0 Å². The van der Waals surface area contributed by atoms with Gasteiger partial charge in [0.05, 0.1) is 12.7 Å². The lowest BCUT2D eigenvalue weighted by molar-refractivity contribution is 0.0953. The van der Waals surface area contributed by atoms with Crippen LogP contribution in [-0.4, -0.2) is 19.6 Å². The normalized spacial score (nSPS) is 10.2. The molecule has 0 fully saturated rings. The lowest BCUT2D eigenvalue weighted by atomic mass is 10.1. The van der Waals surface area contributed by atoms with Crippen LogP contribution in [-0.2, 0) is 6.42 Å². The number of rotatable bonds is 5. The summed E-state index contributed by atoms with van der Waals surface area (Å²) in [6.45, 7) is 0.557. The molecule has 1 N–H and O–H groups in total. The Balaban J connectivity index is 1.92. The topological polar surface area (TPSA) is 38.3 Å². The van der Waals surface area contributed by atoms with Gasteiger partial charge in [-0.2, -0.15) is 0 Å². The van der Waals surface area contributed by atoms with E-state index in [0.717, 1.165) is 17.7 Å². The molecule has 110 valence electrons. The van der Waals surface area contributed by atoms with Crippen molar-refractivity contribution in [1.29, 1.82) is 0 Å². The fourth-order valence-corrected chi connectivity index (χ4v) is 2.78. The molecule has 1 amide bonds. The summed E-state index contributed by atoms with van der Waals surface area (Å²) in [7, 11) is 1.64. The quantitative estimate of drug-likeness (QED) is 0.863. The number of benzene rings is 2. The van der Waals surface area contributed by atoms with Crippen molar-refractivity contribution in [2.45, 2.75) is 6.42 Å². The number of hydrogen-bond donors (Lipinski definition) is 1. The minimum Gasteiger partial charge on any atom is -0.497 e. The maximum Gasteiger partial charge on any atom is 0.252 e. The van der Waals surface area contributed by atoms with Gasteiger partial charge in [-0.05, 0) is 58.2 Å². The zero-order valence-electron chi connectivity index (χ0n) is 11.5. The molecule has 0 heterocycles. The molecule has 0 saturated heterocycles. The van der Waals surface area contributed by atoms with Crippen LogP contribution in [0, 0.1) is 0 Å². The largest absolute Gasteiger partial charge is 0.497 e. The van der Waals surface area contributed by atoms with E-state index in [1.165, 1.54) is 0 Å². The molecule has 0 unspecified atom stereocenters. The van der Waals surface area contributed by atoms with Crippen molar-refractivity contribution in [3.63, 3.8) is 0 Å². The van der Waals surface area contributed by atoms with Crippen LogP contribution in [0.4, 0.5) is 0 Å². The number of carbonyl (C=O) groups excluding carboxylic acids is 1. The van der Waals surface area contributed by atoms with E-state index in [-0.39, 0.29) is 5.91 Å². The Labute approximate surface area is 137 Å². The summed E-state index contributed by atoms with van der Waals surface area (Å²) in [6.07, 6.45) is 0.744. The van der Waals surface area contributed by atoms with Crippen molar-refractivity contribution in [3.8, 4) is 5.75 Å². The van der Waals surface area contributed by atoms with E-state index in [4.69, 9.17) is 16.3 Å². The monoisotopic (exact) mass is 367 g/mol. The fraction of sp³-hybridized carbons (Fsp3) is 0.188. The summed E-state index contributed by atoms with van der Waals surface area (Å²) in [5.74, 6) is 0.695. The van der Waals surface area contributed by atoms with Gasteiger partial charge in [0.15, 0.2) is 0 Å². The molecule has 0 aromatic heterocycles. The number of amides is 1. The number of ether oxygens (including phenoxy) is 1. The first-order valence-electron chi connectivity index (χ1n) is 6.46. The molecule has 0 atom stereocenters. The SMILES string of the molecule is COc1cccc(CCNC(=O)c2ccc(Cl)cc2Br)c1. The number of halogens is 2. The van der Waals surface area contributed by atoms with Crippen LogP contribution >= 0.6 is 27.5 Å². The Kier molecular flexibility index (Phi) is 5.65. The highest BCUT2D eigenvalue weighted by Gasteiger charge is 2.09. The summed E-state index contributed by atoms with van der Waals surface area (Å²) in [5, 5.41) is 3.48. The summed E-state index contributed by atoms with van der Waals surface area (Å²) >= 11 is 9.20. The van der Waals surface area contributed by atoms with E-state index in [9.17, 15) is 4.79 Å². The summed E-state index contributed by atoms with van der Waals surface area (Å²) in [5.41, 5.74) is 1.69.